The molecule has 1 aliphatic rings. The summed E-state index contributed by atoms with van der Waals surface area (Å²) in [5.74, 6) is -0.882. The second kappa shape index (κ2) is 13.8. The summed E-state index contributed by atoms with van der Waals surface area (Å²) >= 11 is 0. The van der Waals surface area contributed by atoms with Crippen molar-refractivity contribution in [3.05, 3.63) is 89.7 Å². The van der Waals surface area contributed by atoms with Crippen LogP contribution in [0.3, 0.4) is 0 Å². The molecule has 1 fully saturated rings. The maximum Gasteiger partial charge on any atom is 0.264 e. The summed E-state index contributed by atoms with van der Waals surface area (Å²) in [6.07, 6.45) is 3.87. The zero-order valence-corrected chi connectivity index (χ0v) is 25.1. The minimum absolute atomic E-state index is 0.0550. The van der Waals surface area contributed by atoms with Crippen molar-refractivity contribution in [3.63, 3.8) is 0 Å². The van der Waals surface area contributed by atoms with Gasteiger partial charge in [-0.15, -0.1) is 0 Å². The second-order valence-corrected chi connectivity index (χ2v) is 12.4. The molecule has 0 heterocycles. The largest absolute Gasteiger partial charge is 0.494 e. The molecule has 2 amide bonds. The number of hydrogen-bond donors (Lipinski definition) is 1. The van der Waals surface area contributed by atoms with Crippen LogP contribution < -0.4 is 14.4 Å². The molecule has 4 rings (SSSR count). The molecule has 0 radical (unpaired) electrons. The summed E-state index contributed by atoms with van der Waals surface area (Å²) in [7, 11) is -4.27. The topological polar surface area (TPSA) is 96.0 Å². The number of rotatable bonds is 12. The van der Waals surface area contributed by atoms with E-state index in [-0.39, 0.29) is 29.1 Å². The number of carbonyl (C=O) groups is 2. The molecule has 1 N–H and O–H groups in total. The van der Waals surface area contributed by atoms with Crippen molar-refractivity contribution >= 4 is 27.5 Å². The van der Waals surface area contributed by atoms with Gasteiger partial charge < -0.3 is 15.0 Å². The molecular weight excluding hydrogens is 557 g/mol. The lowest BCUT2D eigenvalue weighted by Gasteiger charge is -2.32. The number of sulfonamides is 1. The van der Waals surface area contributed by atoms with Gasteiger partial charge in [0.2, 0.25) is 11.8 Å². The quantitative estimate of drug-likeness (QED) is 0.310. The fourth-order valence-corrected chi connectivity index (χ4v) is 6.50. The highest BCUT2D eigenvalue weighted by molar-refractivity contribution is 7.92. The Kier molecular flexibility index (Phi) is 10.2. The standard InChI is InChI=1S/C32H38FN3O5S/c1-4-41-29-17-19-30(20-18-29)42(39,40)36(28-15-13-26(33)14-16-28)22-31(37)35(21-25-10-6-5-9-23(25)2)24(3)32(38)34-27-11-7-8-12-27/h5-6,9-10,13-20,24,27H,4,7-8,11-12,21-22H2,1-3H3,(H,34,38). The molecule has 0 aromatic heterocycles. The van der Waals surface area contributed by atoms with E-state index in [1.54, 1.807) is 19.1 Å². The SMILES string of the molecule is CCOc1ccc(S(=O)(=O)N(CC(=O)N(Cc2ccccc2C)C(C)C(=O)NC2CCCC2)c2ccc(F)cc2)cc1. The number of amides is 2. The van der Waals surface area contributed by atoms with E-state index in [0.717, 1.165) is 53.2 Å². The van der Waals surface area contributed by atoms with Crippen LogP contribution in [0.1, 0.15) is 50.7 Å². The first-order valence-electron chi connectivity index (χ1n) is 14.3. The summed E-state index contributed by atoms with van der Waals surface area (Å²) in [4.78, 5) is 28.7. The molecular formula is C32H38FN3O5S. The third-order valence-corrected chi connectivity index (χ3v) is 9.38. The summed E-state index contributed by atoms with van der Waals surface area (Å²) in [5.41, 5.74) is 1.91. The van der Waals surface area contributed by atoms with E-state index in [1.165, 1.54) is 29.2 Å². The Bertz CT molecular complexity index is 1470. The number of nitrogens with one attached hydrogen (secondary N) is 1. The maximum atomic E-state index is 14.1. The average Bonchev–Trinajstić information content (AvgIpc) is 3.49. The van der Waals surface area contributed by atoms with Gasteiger partial charge in [0.25, 0.3) is 10.0 Å². The van der Waals surface area contributed by atoms with E-state index in [9.17, 15) is 22.4 Å². The third-order valence-electron chi connectivity index (χ3n) is 7.59. The highest BCUT2D eigenvalue weighted by Crippen LogP contribution is 2.27. The van der Waals surface area contributed by atoms with Crippen molar-refractivity contribution in [2.24, 2.45) is 0 Å². The zero-order chi connectivity index (χ0) is 30.3. The smallest absolute Gasteiger partial charge is 0.264 e. The van der Waals surface area contributed by atoms with E-state index in [1.807, 2.05) is 38.1 Å². The van der Waals surface area contributed by atoms with Crippen molar-refractivity contribution in [2.75, 3.05) is 17.5 Å². The number of aryl methyl sites for hydroxylation is 1. The van der Waals surface area contributed by atoms with Crippen molar-refractivity contribution in [1.29, 1.82) is 0 Å². The van der Waals surface area contributed by atoms with Crippen molar-refractivity contribution in [3.8, 4) is 5.75 Å². The van der Waals surface area contributed by atoms with Gasteiger partial charge in [-0.3, -0.25) is 13.9 Å². The van der Waals surface area contributed by atoms with Crippen LogP contribution in [-0.4, -0.2) is 50.4 Å². The Morgan fingerprint density at radius 3 is 2.26 bits per heavy atom. The highest BCUT2D eigenvalue weighted by Gasteiger charge is 2.33. The summed E-state index contributed by atoms with van der Waals surface area (Å²) in [6.45, 7) is 5.35. The number of benzene rings is 3. The van der Waals surface area contributed by atoms with E-state index in [0.29, 0.717) is 12.4 Å². The van der Waals surface area contributed by atoms with Gasteiger partial charge in [-0.2, -0.15) is 0 Å². The Balaban J connectivity index is 1.68. The monoisotopic (exact) mass is 595 g/mol. The molecule has 10 heteroatoms. The van der Waals surface area contributed by atoms with Crippen LogP contribution in [0.5, 0.6) is 5.75 Å². The molecule has 0 bridgehead atoms. The van der Waals surface area contributed by atoms with Gasteiger partial charge in [0.1, 0.15) is 24.2 Å². The van der Waals surface area contributed by atoms with Gasteiger partial charge in [0, 0.05) is 12.6 Å². The molecule has 0 aliphatic heterocycles. The Hall–Kier alpha value is -3.92. The van der Waals surface area contributed by atoms with Gasteiger partial charge in [-0.25, -0.2) is 12.8 Å². The van der Waals surface area contributed by atoms with E-state index in [4.69, 9.17) is 4.74 Å². The van der Waals surface area contributed by atoms with Crippen LogP contribution in [0.25, 0.3) is 0 Å². The molecule has 1 aliphatic carbocycles. The average molecular weight is 596 g/mol. The van der Waals surface area contributed by atoms with Crippen LogP contribution in [-0.2, 0) is 26.2 Å². The first kappa shape index (κ1) is 31.0. The van der Waals surface area contributed by atoms with Crippen LogP contribution in [0.2, 0.25) is 0 Å². The lowest BCUT2D eigenvalue weighted by molar-refractivity contribution is -0.139. The Morgan fingerprint density at radius 2 is 1.64 bits per heavy atom. The first-order valence-corrected chi connectivity index (χ1v) is 15.7. The van der Waals surface area contributed by atoms with Crippen LogP contribution >= 0.6 is 0 Å². The molecule has 0 saturated heterocycles. The maximum absolute atomic E-state index is 14.1. The number of ether oxygens (including phenoxy) is 1. The van der Waals surface area contributed by atoms with Crippen molar-refractivity contribution in [1.82, 2.24) is 10.2 Å². The lowest BCUT2D eigenvalue weighted by Crippen LogP contribution is -2.52. The molecule has 1 atom stereocenters. The van der Waals surface area contributed by atoms with Crippen LogP contribution in [0.4, 0.5) is 10.1 Å². The molecule has 42 heavy (non-hydrogen) atoms. The number of halogens is 1. The number of nitrogens with zero attached hydrogens (tertiary/aromatic N) is 2. The summed E-state index contributed by atoms with van der Waals surface area (Å²) in [6, 6.07) is 17.6. The predicted molar refractivity (Wildman–Crippen MR) is 160 cm³/mol. The van der Waals surface area contributed by atoms with Crippen molar-refractivity contribution in [2.45, 2.75) is 70.0 Å². The number of anilines is 1. The van der Waals surface area contributed by atoms with Gasteiger partial charge >= 0.3 is 0 Å². The van der Waals surface area contributed by atoms with E-state index in [2.05, 4.69) is 5.32 Å². The fraction of sp³-hybridized carbons (Fsp3) is 0.375. The van der Waals surface area contributed by atoms with E-state index >= 15 is 0 Å². The summed E-state index contributed by atoms with van der Waals surface area (Å²) in [5, 5.41) is 3.06. The Morgan fingerprint density at radius 1 is 1.00 bits per heavy atom. The molecule has 3 aromatic carbocycles. The molecule has 0 spiro atoms. The van der Waals surface area contributed by atoms with Crippen LogP contribution in [0, 0.1) is 12.7 Å². The zero-order valence-electron chi connectivity index (χ0n) is 24.3. The molecule has 8 nitrogen and oxygen atoms in total. The fourth-order valence-electron chi connectivity index (χ4n) is 5.08. The highest BCUT2D eigenvalue weighted by atomic mass is 32.2. The Labute approximate surface area is 247 Å². The molecule has 1 saturated carbocycles. The van der Waals surface area contributed by atoms with Gasteiger partial charge in [0.15, 0.2) is 0 Å². The first-order chi connectivity index (χ1) is 20.1. The second-order valence-electron chi connectivity index (χ2n) is 10.5. The summed E-state index contributed by atoms with van der Waals surface area (Å²) < 4.78 is 48.1. The normalized spacial score (nSPS) is 14.3. The third kappa shape index (κ3) is 7.47. The predicted octanol–water partition coefficient (Wildman–Crippen LogP) is 5.20. The minimum atomic E-state index is -4.27. The van der Waals surface area contributed by atoms with Crippen LogP contribution in [0.15, 0.2) is 77.7 Å². The molecule has 3 aromatic rings. The van der Waals surface area contributed by atoms with E-state index < -0.39 is 34.3 Å². The molecule has 224 valence electrons. The lowest BCUT2D eigenvalue weighted by atomic mass is 10.1. The van der Waals surface area contributed by atoms with Gasteiger partial charge in [0.05, 0.1) is 17.2 Å². The van der Waals surface area contributed by atoms with Gasteiger partial charge in [-0.05, 0) is 93.3 Å². The minimum Gasteiger partial charge on any atom is -0.494 e. The number of carbonyl (C=O) groups excluding carboxylic acids is 2. The van der Waals surface area contributed by atoms with Gasteiger partial charge in [-0.1, -0.05) is 37.1 Å². The number of hydrogen-bond acceptors (Lipinski definition) is 5. The molecule has 1 unspecified atom stereocenters. The van der Waals surface area contributed by atoms with Crippen molar-refractivity contribution < 1.29 is 27.1 Å².